The molecular weight excluding hydrogens is 414 g/mol. The third kappa shape index (κ3) is 3.48. The zero-order chi connectivity index (χ0) is 22.3. The number of imidazole rings is 1. The molecule has 4 rings (SSSR count). The molecule has 3 N–H and O–H groups in total. The quantitative estimate of drug-likeness (QED) is 0.734. The molecule has 2 atom stereocenters. The maximum absolute atomic E-state index is 13.3. The van der Waals surface area contributed by atoms with E-state index in [1.807, 2.05) is 0 Å². The van der Waals surface area contributed by atoms with Gasteiger partial charge >= 0.3 is 6.09 Å². The third-order valence-electron chi connectivity index (χ3n) is 5.10. The summed E-state index contributed by atoms with van der Waals surface area (Å²) in [4.78, 5) is 28.6. The van der Waals surface area contributed by atoms with Crippen molar-refractivity contribution in [2.75, 3.05) is 23.4 Å². The van der Waals surface area contributed by atoms with Gasteiger partial charge < -0.3 is 25.1 Å². The first-order valence-corrected chi connectivity index (χ1v) is 9.39. The third-order valence-corrected chi connectivity index (χ3v) is 5.10. The number of carbonyl (C=O) groups excluding carboxylic acids is 2. The van der Waals surface area contributed by atoms with Gasteiger partial charge in [0.1, 0.15) is 48.5 Å². The Morgan fingerprint density at radius 2 is 2.19 bits per heavy atom. The molecular formula is C19H18F2N6O4. The summed E-state index contributed by atoms with van der Waals surface area (Å²) in [6, 6.07) is 3.11. The molecule has 0 aliphatic carbocycles. The summed E-state index contributed by atoms with van der Waals surface area (Å²) in [7, 11) is 0. The number of alkyl halides is 2. The van der Waals surface area contributed by atoms with E-state index in [1.165, 1.54) is 6.20 Å². The van der Waals surface area contributed by atoms with Crippen LogP contribution in [0.25, 0.3) is 11.4 Å². The van der Waals surface area contributed by atoms with Crippen molar-refractivity contribution < 1.29 is 27.8 Å². The van der Waals surface area contributed by atoms with E-state index in [9.17, 15) is 23.6 Å². The van der Waals surface area contributed by atoms with Gasteiger partial charge in [-0.3, -0.25) is 4.79 Å². The van der Waals surface area contributed by atoms with Gasteiger partial charge in [0.25, 0.3) is 6.43 Å². The smallest absolute Gasteiger partial charge is 0.416 e. The normalized spacial score (nSPS) is 18.4. The Morgan fingerprint density at radius 1 is 1.42 bits per heavy atom. The highest BCUT2D eigenvalue weighted by Crippen LogP contribution is 2.40. The summed E-state index contributed by atoms with van der Waals surface area (Å²) in [5.41, 5.74) is 6.23. The summed E-state index contributed by atoms with van der Waals surface area (Å²) >= 11 is 0. The number of amides is 2. The van der Waals surface area contributed by atoms with Crippen LogP contribution in [0.5, 0.6) is 5.75 Å². The second kappa shape index (κ2) is 7.75. The number of hydrogen-bond acceptors (Lipinski definition) is 7. The number of aromatic nitrogens is 2. The van der Waals surface area contributed by atoms with Gasteiger partial charge in [-0.05, 0) is 19.1 Å². The van der Waals surface area contributed by atoms with E-state index in [0.29, 0.717) is 23.6 Å². The average molecular weight is 432 g/mol. The Bertz CT molecular complexity index is 1100. The van der Waals surface area contributed by atoms with E-state index >= 15 is 0 Å². The zero-order valence-electron chi connectivity index (χ0n) is 16.3. The number of nitrogens with two attached hydrogens (primary N) is 1. The van der Waals surface area contributed by atoms with Gasteiger partial charge in [-0.25, -0.2) is 23.5 Å². The van der Waals surface area contributed by atoms with Crippen LogP contribution < -0.4 is 20.7 Å². The van der Waals surface area contributed by atoms with Crippen LogP contribution in [0.1, 0.15) is 12.5 Å². The number of ether oxygens (including phenoxy) is 2. The number of hydrogen-bond donors (Lipinski definition) is 2. The molecule has 31 heavy (non-hydrogen) atoms. The molecule has 1 aromatic carbocycles. The molecule has 2 aliphatic heterocycles. The molecule has 1 saturated heterocycles. The number of cyclic esters (lactones) is 1. The molecule has 3 heterocycles. The summed E-state index contributed by atoms with van der Waals surface area (Å²) in [5.74, 6) is 0.0143. The fraction of sp³-hybridized carbons (Fsp3) is 0.368. The molecule has 2 aromatic rings. The molecule has 0 spiro atoms. The SMILES string of the molecule is C[C@H](Nc1ccc2c(c1C#N)OCCn1cc(N3C(=O)OCC3C(F)F)nc1-2)C(N)=O. The molecule has 2 amide bonds. The summed E-state index contributed by atoms with van der Waals surface area (Å²) in [5, 5.41) is 12.6. The summed E-state index contributed by atoms with van der Waals surface area (Å²) < 4.78 is 38.9. The number of nitrogens with one attached hydrogen (secondary N) is 1. The van der Waals surface area contributed by atoms with E-state index < -0.39 is 37.1 Å². The van der Waals surface area contributed by atoms with E-state index in [1.54, 1.807) is 23.6 Å². The highest BCUT2D eigenvalue weighted by Gasteiger charge is 2.42. The van der Waals surface area contributed by atoms with Crippen LogP contribution >= 0.6 is 0 Å². The van der Waals surface area contributed by atoms with Crippen molar-refractivity contribution in [3.63, 3.8) is 0 Å². The maximum Gasteiger partial charge on any atom is 0.416 e. The molecule has 0 radical (unpaired) electrons. The minimum atomic E-state index is -2.80. The Kier molecular flexibility index (Phi) is 5.10. The number of nitriles is 1. The number of fused-ring (bicyclic) bond motifs is 3. The molecule has 2 aliphatic rings. The van der Waals surface area contributed by atoms with E-state index in [0.717, 1.165) is 4.90 Å². The summed E-state index contributed by atoms with van der Waals surface area (Å²) in [6.45, 7) is 1.61. The minimum Gasteiger partial charge on any atom is -0.489 e. The molecule has 1 unspecified atom stereocenters. The number of carbonyl (C=O) groups is 2. The number of primary amides is 1. The Morgan fingerprint density at radius 3 is 2.87 bits per heavy atom. The second-order valence-corrected chi connectivity index (χ2v) is 7.06. The lowest BCUT2D eigenvalue weighted by Crippen LogP contribution is -2.38. The lowest BCUT2D eigenvalue weighted by Gasteiger charge is -2.18. The fourth-order valence-electron chi connectivity index (χ4n) is 3.48. The van der Waals surface area contributed by atoms with Crippen LogP contribution in [0.2, 0.25) is 0 Å². The lowest BCUT2D eigenvalue weighted by molar-refractivity contribution is -0.118. The predicted molar refractivity (Wildman–Crippen MR) is 104 cm³/mol. The van der Waals surface area contributed by atoms with Crippen molar-refractivity contribution in [2.24, 2.45) is 5.73 Å². The van der Waals surface area contributed by atoms with E-state index in [-0.39, 0.29) is 23.7 Å². The van der Waals surface area contributed by atoms with Gasteiger partial charge in [-0.1, -0.05) is 0 Å². The maximum atomic E-state index is 13.3. The van der Waals surface area contributed by atoms with Crippen molar-refractivity contribution >= 4 is 23.5 Å². The first-order chi connectivity index (χ1) is 14.8. The Hall–Kier alpha value is -3.88. The molecule has 0 saturated carbocycles. The van der Waals surface area contributed by atoms with E-state index in [2.05, 4.69) is 16.4 Å². The molecule has 12 heteroatoms. The largest absolute Gasteiger partial charge is 0.489 e. The van der Waals surface area contributed by atoms with Gasteiger partial charge in [0.15, 0.2) is 5.82 Å². The number of benzene rings is 1. The van der Waals surface area contributed by atoms with Crippen LogP contribution in [-0.2, 0) is 16.1 Å². The monoisotopic (exact) mass is 432 g/mol. The summed E-state index contributed by atoms with van der Waals surface area (Å²) in [6.07, 6.45) is -2.22. The highest BCUT2D eigenvalue weighted by molar-refractivity contribution is 5.90. The van der Waals surface area contributed by atoms with Gasteiger partial charge in [0.2, 0.25) is 5.91 Å². The van der Waals surface area contributed by atoms with Crippen molar-refractivity contribution in [1.29, 1.82) is 5.26 Å². The molecule has 0 bridgehead atoms. The zero-order valence-corrected chi connectivity index (χ0v) is 16.3. The Balaban J connectivity index is 1.77. The van der Waals surface area contributed by atoms with Crippen molar-refractivity contribution in [3.8, 4) is 23.2 Å². The predicted octanol–water partition coefficient (Wildman–Crippen LogP) is 1.69. The van der Waals surface area contributed by atoms with Crippen molar-refractivity contribution in [2.45, 2.75) is 32.0 Å². The first kappa shape index (κ1) is 20.4. The van der Waals surface area contributed by atoms with Gasteiger partial charge in [0, 0.05) is 6.20 Å². The number of nitrogens with zero attached hydrogens (tertiary/aromatic N) is 4. The van der Waals surface area contributed by atoms with Crippen LogP contribution in [0.15, 0.2) is 18.3 Å². The van der Waals surface area contributed by atoms with Gasteiger partial charge in [-0.15, -0.1) is 0 Å². The second-order valence-electron chi connectivity index (χ2n) is 7.06. The topological polar surface area (TPSA) is 136 Å². The average Bonchev–Trinajstić information content (AvgIpc) is 3.27. The van der Waals surface area contributed by atoms with Gasteiger partial charge in [-0.2, -0.15) is 5.26 Å². The van der Waals surface area contributed by atoms with Crippen LogP contribution in [0.3, 0.4) is 0 Å². The molecule has 1 fully saturated rings. The molecule has 162 valence electrons. The van der Waals surface area contributed by atoms with E-state index in [4.69, 9.17) is 15.2 Å². The Labute approximate surface area is 175 Å². The van der Waals surface area contributed by atoms with Crippen molar-refractivity contribution in [3.05, 3.63) is 23.9 Å². The molecule has 10 nitrogen and oxygen atoms in total. The number of halogens is 2. The first-order valence-electron chi connectivity index (χ1n) is 9.39. The minimum absolute atomic E-state index is 0.0266. The highest BCUT2D eigenvalue weighted by atomic mass is 19.3. The number of rotatable bonds is 5. The lowest BCUT2D eigenvalue weighted by atomic mass is 10.1. The van der Waals surface area contributed by atoms with Crippen LogP contribution in [0.4, 0.5) is 25.1 Å². The van der Waals surface area contributed by atoms with Crippen molar-refractivity contribution in [1.82, 2.24) is 9.55 Å². The standard InChI is InChI=1S/C19H18F2N6O4/c1-9(17(23)28)24-12-3-2-10-15(11(12)6-22)30-5-4-26-7-14(25-18(10)26)27-13(16(20)21)8-31-19(27)29/h2-3,7,9,13,16,24H,4-5,8H2,1H3,(H2,23,28)/t9-,13?/m0/s1. The van der Waals surface area contributed by atoms with Crippen LogP contribution in [-0.4, -0.2) is 53.3 Å². The molecule has 1 aromatic heterocycles. The van der Waals surface area contributed by atoms with Crippen LogP contribution in [0, 0.1) is 11.3 Å². The number of anilines is 2. The fourth-order valence-corrected chi connectivity index (χ4v) is 3.48. The van der Waals surface area contributed by atoms with Gasteiger partial charge in [0.05, 0.1) is 17.8 Å².